The Morgan fingerprint density at radius 1 is 1.38 bits per heavy atom. The number of rotatable bonds is 3. The molecule has 0 atom stereocenters. The van der Waals surface area contributed by atoms with E-state index >= 15 is 0 Å². The summed E-state index contributed by atoms with van der Waals surface area (Å²) in [7, 11) is -4.23. The highest BCUT2D eigenvalue weighted by atomic mass is 32.2. The minimum atomic E-state index is -4.23. The van der Waals surface area contributed by atoms with Crippen LogP contribution in [0.25, 0.3) is 0 Å². The van der Waals surface area contributed by atoms with Gasteiger partial charge in [-0.15, -0.1) is 0 Å². The van der Waals surface area contributed by atoms with Crippen LogP contribution >= 0.6 is 0 Å². The zero-order chi connectivity index (χ0) is 9.90. The molecule has 4 nitrogen and oxygen atoms in total. The smallest absolute Gasteiger partial charge is 0.298 e. The summed E-state index contributed by atoms with van der Waals surface area (Å²) < 4.78 is 35.1. The van der Waals surface area contributed by atoms with Crippen molar-refractivity contribution in [1.29, 1.82) is 0 Å². The third kappa shape index (κ3) is 2.30. The Bertz CT molecular complexity index is 408. The van der Waals surface area contributed by atoms with Gasteiger partial charge in [-0.05, 0) is 12.1 Å². The molecule has 1 rings (SSSR count). The zero-order valence-electron chi connectivity index (χ0n) is 6.67. The molecule has 0 saturated heterocycles. The van der Waals surface area contributed by atoms with Crippen molar-refractivity contribution in [3.63, 3.8) is 0 Å². The van der Waals surface area contributed by atoms with Crippen molar-refractivity contribution < 1.29 is 17.7 Å². The van der Waals surface area contributed by atoms with Crippen molar-refractivity contribution in [3.8, 4) is 5.75 Å². The zero-order valence-corrected chi connectivity index (χ0v) is 7.49. The predicted molar refractivity (Wildman–Crippen MR) is 47.1 cm³/mol. The minimum absolute atomic E-state index is 0.0556. The van der Waals surface area contributed by atoms with Crippen molar-refractivity contribution >= 4 is 10.1 Å². The second-order valence-electron chi connectivity index (χ2n) is 2.21. The normalized spacial score (nSPS) is 10.8. The average Bonchev–Trinajstić information content (AvgIpc) is 2.04. The first kappa shape index (κ1) is 9.76. The lowest BCUT2D eigenvalue weighted by atomic mass is 10.3. The second kappa shape index (κ2) is 3.59. The molecular weight excluding hydrogens is 192 g/mol. The number of hydrogen-bond donors (Lipinski definition) is 1. The summed E-state index contributed by atoms with van der Waals surface area (Å²) in [6.45, 7) is 3.28. The fourth-order valence-corrected chi connectivity index (χ4v) is 1.47. The van der Waals surface area contributed by atoms with E-state index in [2.05, 4.69) is 6.58 Å². The van der Waals surface area contributed by atoms with Crippen molar-refractivity contribution in [2.24, 2.45) is 0 Å². The highest BCUT2D eigenvalue weighted by Gasteiger charge is 2.14. The van der Waals surface area contributed by atoms with Gasteiger partial charge >= 0.3 is 0 Å². The molecule has 70 valence electrons. The highest BCUT2D eigenvalue weighted by molar-refractivity contribution is 7.86. The number of ether oxygens (including phenoxy) is 1. The molecule has 0 aliphatic heterocycles. The summed E-state index contributed by atoms with van der Waals surface area (Å²) in [6, 6.07) is 5.74. The van der Waals surface area contributed by atoms with Crippen LogP contribution in [-0.4, -0.2) is 13.0 Å². The molecular formula is C8H8O4S. The third-order valence-electron chi connectivity index (χ3n) is 1.34. The lowest BCUT2D eigenvalue weighted by Crippen LogP contribution is -2.00. The van der Waals surface area contributed by atoms with Crippen molar-refractivity contribution in [1.82, 2.24) is 0 Å². The maximum absolute atomic E-state index is 10.8. The molecule has 0 heterocycles. The summed E-state index contributed by atoms with van der Waals surface area (Å²) in [5, 5.41) is 0. The molecule has 0 unspecified atom stereocenters. The van der Waals surface area contributed by atoms with E-state index in [0.29, 0.717) is 0 Å². The molecule has 0 bridgehead atoms. The van der Waals surface area contributed by atoms with Gasteiger partial charge in [0.2, 0.25) is 0 Å². The van der Waals surface area contributed by atoms with E-state index in [0.717, 1.165) is 6.26 Å². The summed E-state index contributed by atoms with van der Waals surface area (Å²) in [5.74, 6) is 0.0556. The number of hydrogen-bond acceptors (Lipinski definition) is 3. The molecule has 0 saturated carbocycles. The maximum atomic E-state index is 10.8. The van der Waals surface area contributed by atoms with Gasteiger partial charge in [0.15, 0.2) is 0 Å². The molecule has 0 aliphatic carbocycles. The van der Waals surface area contributed by atoms with Crippen LogP contribution in [0.1, 0.15) is 0 Å². The predicted octanol–water partition coefficient (Wildman–Crippen LogP) is 1.46. The van der Waals surface area contributed by atoms with Crippen LogP contribution in [-0.2, 0) is 10.1 Å². The molecule has 0 spiro atoms. The molecule has 13 heavy (non-hydrogen) atoms. The number of benzene rings is 1. The van der Waals surface area contributed by atoms with Crippen LogP contribution < -0.4 is 4.74 Å². The van der Waals surface area contributed by atoms with Crippen LogP contribution in [0.15, 0.2) is 42.0 Å². The quantitative estimate of drug-likeness (QED) is 0.592. The van der Waals surface area contributed by atoms with Gasteiger partial charge in [-0.3, -0.25) is 4.55 Å². The van der Waals surface area contributed by atoms with Gasteiger partial charge in [0, 0.05) is 0 Å². The highest BCUT2D eigenvalue weighted by Crippen LogP contribution is 2.22. The van der Waals surface area contributed by atoms with Crippen molar-refractivity contribution in [2.75, 3.05) is 0 Å². The molecule has 1 aromatic rings. The Morgan fingerprint density at radius 3 is 2.54 bits per heavy atom. The Morgan fingerprint density at radius 2 is 2.00 bits per heavy atom. The van der Waals surface area contributed by atoms with Gasteiger partial charge in [-0.2, -0.15) is 8.42 Å². The first-order valence-electron chi connectivity index (χ1n) is 3.40. The molecule has 1 N–H and O–H groups in total. The maximum Gasteiger partial charge on any atom is 0.298 e. The van der Waals surface area contributed by atoms with Gasteiger partial charge < -0.3 is 4.74 Å². The second-order valence-corrected chi connectivity index (χ2v) is 3.60. The van der Waals surface area contributed by atoms with Crippen LogP contribution in [0, 0.1) is 0 Å². The standard InChI is InChI=1S/C8H8O4S/c1-2-12-7-5-3-4-6-8(7)13(9,10)11/h2-6H,1H2,(H,9,10,11). The fraction of sp³-hybridized carbons (Fsp3) is 0. The minimum Gasteiger partial charge on any atom is -0.464 e. The summed E-state index contributed by atoms with van der Waals surface area (Å²) in [5.41, 5.74) is 0. The summed E-state index contributed by atoms with van der Waals surface area (Å²) in [4.78, 5) is -0.269. The lowest BCUT2D eigenvalue weighted by Gasteiger charge is -2.03. The first-order chi connectivity index (χ1) is 6.05. The van der Waals surface area contributed by atoms with Gasteiger partial charge in [-0.1, -0.05) is 18.7 Å². The lowest BCUT2D eigenvalue weighted by molar-refractivity contribution is 0.450. The van der Waals surface area contributed by atoms with Gasteiger partial charge in [-0.25, -0.2) is 0 Å². The summed E-state index contributed by atoms with van der Waals surface area (Å²) in [6.07, 6.45) is 1.09. The van der Waals surface area contributed by atoms with E-state index in [1.807, 2.05) is 0 Å². The van der Waals surface area contributed by atoms with Crippen LogP contribution in [0.3, 0.4) is 0 Å². The van der Waals surface area contributed by atoms with Crippen LogP contribution in [0.2, 0.25) is 0 Å². The molecule has 1 aromatic carbocycles. The Labute approximate surface area is 76.2 Å². The van der Waals surface area contributed by atoms with E-state index in [1.165, 1.54) is 18.2 Å². The average molecular weight is 200 g/mol. The Balaban J connectivity index is 3.28. The van der Waals surface area contributed by atoms with Crippen LogP contribution in [0.5, 0.6) is 5.75 Å². The van der Waals surface area contributed by atoms with Gasteiger partial charge in [0.05, 0.1) is 6.26 Å². The van der Waals surface area contributed by atoms with E-state index in [4.69, 9.17) is 9.29 Å². The summed E-state index contributed by atoms with van der Waals surface area (Å²) >= 11 is 0. The molecule has 0 fully saturated rings. The SMILES string of the molecule is C=COc1ccccc1S(=O)(=O)O. The molecule has 0 radical (unpaired) electrons. The molecule has 0 amide bonds. The van der Waals surface area contributed by atoms with Gasteiger partial charge in [0.25, 0.3) is 10.1 Å². The Hall–Kier alpha value is -1.33. The topological polar surface area (TPSA) is 63.6 Å². The number of para-hydroxylation sites is 1. The molecule has 0 aromatic heterocycles. The van der Waals surface area contributed by atoms with E-state index in [9.17, 15) is 8.42 Å². The van der Waals surface area contributed by atoms with E-state index in [-0.39, 0.29) is 10.6 Å². The van der Waals surface area contributed by atoms with Crippen molar-refractivity contribution in [2.45, 2.75) is 4.90 Å². The molecule has 5 heteroatoms. The first-order valence-corrected chi connectivity index (χ1v) is 4.84. The van der Waals surface area contributed by atoms with Crippen molar-refractivity contribution in [3.05, 3.63) is 37.1 Å². The van der Waals surface area contributed by atoms with Crippen LogP contribution in [0.4, 0.5) is 0 Å². The largest absolute Gasteiger partial charge is 0.464 e. The van der Waals surface area contributed by atoms with Gasteiger partial charge in [0.1, 0.15) is 10.6 Å². The third-order valence-corrected chi connectivity index (χ3v) is 2.23. The monoisotopic (exact) mass is 200 g/mol. The fourth-order valence-electron chi connectivity index (χ4n) is 0.850. The van der Waals surface area contributed by atoms with E-state index in [1.54, 1.807) is 6.07 Å². The molecule has 0 aliphatic rings. The van der Waals surface area contributed by atoms with E-state index < -0.39 is 10.1 Å². The Kier molecular flexibility index (Phi) is 2.69.